The van der Waals surface area contributed by atoms with Crippen molar-refractivity contribution in [1.82, 2.24) is 0 Å². The molecule has 0 heterocycles. The first-order valence-electron chi connectivity index (χ1n) is 9.91. The van der Waals surface area contributed by atoms with E-state index in [0.717, 1.165) is 25.7 Å². The molecule has 26 heavy (non-hydrogen) atoms. The van der Waals surface area contributed by atoms with Crippen molar-refractivity contribution in [3.05, 3.63) is 23.8 Å². The molecule has 7 atom stereocenters. The fourth-order valence-electron chi connectivity index (χ4n) is 7.19. The number of carbonyl (C=O) groups excluding carboxylic acids is 2. The molecule has 4 aliphatic carbocycles. The second kappa shape index (κ2) is 5.64. The smallest absolute Gasteiger partial charge is 0.372 e. The van der Waals surface area contributed by atoms with E-state index in [4.69, 9.17) is 0 Å². The van der Waals surface area contributed by atoms with Gasteiger partial charge in [-0.25, -0.2) is 4.79 Å². The molecule has 0 aliphatic heterocycles. The van der Waals surface area contributed by atoms with E-state index in [1.807, 2.05) is 6.08 Å². The Balaban J connectivity index is 1.69. The molecule has 1 N–H and O–H groups in total. The van der Waals surface area contributed by atoms with Crippen LogP contribution < -0.4 is 0 Å². The third kappa shape index (κ3) is 2.23. The summed E-state index contributed by atoms with van der Waals surface area (Å²) < 4.78 is 0. The van der Waals surface area contributed by atoms with Crippen molar-refractivity contribution in [3.63, 3.8) is 0 Å². The number of ketones is 2. The zero-order valence-electron chi connectivity index (χ0n) is 15.8. The number of Topliss-reactive ketones (excluding diaryl/α,β-unsaturated/α-hetero) is 1. The Kier molecular flexibility index (Phi) is 3.84. The highest BCUT2D eigenvalue weighted by Gasteiger charge is 2.61. The van der Waals surface area contributed by atoms with Crippen LogP contribution in [0.5, 0.6) is 0 Å². The van der Waals surface area contributed by atoms with Crippen LogP contribution in [0.25, 0.3) is 0 Å². The largest absolute Gasteiger partial charge is 0.475 e. The van der Waals surface area contributed by atoms with Gasteiger partial charge in [-0.2, -0.15) is 0 Å². The van der Waals surface area contributed by atoms with Gasteiger partial charge in [0.25, 0.3) is 0 Å². The summed E-state index contributed by atoms with van der Waals surface area (Å²) in [5.74, 6) is -0.380. The van der Waals surface area contributed by atoms with Crippen LogP contribution in [-0.2, 0) is 14.4 Å². The lowest BCUT2D eigenvalue weighted by Gasteiger charge is -2.58. The van der Waals surface area contributed by atoms with E-state index in [1.54, 1.807) is 6.08 Å². The lowest BCUT2D eigenvalue weighted by Crippen LogP contribution is -2.52. The topological polar surface area (TPSA) is 71.4 Å². The van der Waals surface area contributed by atoms with Gasteiger partial charge in [-0.15, -0.1) is 0 Å². The van der Waals surface area contributed by atoms with E-state index in [2.05, 4.69) is 26.8 Å². The average molecular weight is 356 g/mol. The minimum atomic E-state index is -1.28. The normalized spacial score (nSPS) is 46.8. The van der Waals surface area contributed by atoms with Gasteiger partial charge in [0.1, 0.15) is 0 Å². The van der Waals surface area contributed by atoms with Crippen LogP contribution in [0.4, 0.5) is 0 Å². The van der Waals surface area contributed by atoms with Gasteiger partial charge in [-0.3, -0.25) is 9.59 Å². The maximum Gasteiger partial charge on any atom is 0.372 e. The van der Waals surface area contributed by atoms with Crippen LogP contribution in [0, 0.1) is 40.4 Å². The van der Waals surface area contributed by atoms with Crippen LogP contribution >= 0.6 is 0 Å². The Morgan fingerprint density at radius 1 is 1.15 bits per heavy atom. The van der Waals surface area contributed by atoms with E-state index in [9.17, 15) is 19.5 Å². The number of fused-ring (bicyclic) bond motifs is 5. The Morgan fingerprint density at radius 3 is 2.58 bits per heavy atom. The van der Waals surface area contributed by atoms with Crippen molar-refractivity contribution in [2.45, 2.75) is 52.9 Å². The molecule has 0 aromatic carbocycles. The number of rotatable bonds is 2. The highest BCUT2D eigenvalue weighted by atomic mass is 16.4. The van der Waals surface area contributed by atoms with E-state index >= 15 is 0 Å². The molecule has 3 fully saturated rings. The Labute approximate surface area is 154 Å². The summed E-state index contributed by atoms with van der Waals surface area (Å²) in [6.07, 6.45) is 10.3. The predicted molar refractivity (Wildman–Crippen MR) is 97.3 cm³/mol. The van der Waals surface area contributed by atoms with Crippen molar-refractivity contribution in [2.75, 3.05) is 0 Å². The number of hydrogen-bond donors (Lipinski definition) is 1. The summed E-state index contributed by atoms with van der Waals surface area (Å²) in [5.41, 5.74) is 1.00. The first kappa shape index (κ1) is 17.7. The minimum Gasteiger partial charge on any atom is -0.475 e. The van der Waals surface area contributed by atoms with Gasteiger partial charge in [-0.1, -0.05) is 32.4 Å². The van der Waals surface area contributed by atoms with Crippen LogP contribution in [0.3, 0.4) is 0 Å². The van der Waals surface area contributed by atoms with Gasteiger partial charge in [-0.05, 0) is 73.3 Å². The lowest BCUT2D eigenvalue weighted by molar-refractivity contribution is -0.154. The first-order valence-corrected chi connectivity index (χ1v) is 9.91. The maximum absolute atomic E-state index is 12.3. The maximum atomic E-state index is 12.3. The second-order valence-corrected chi connectivity index (χ2v) is 9.48. The highest BCUT2D eigenvalue weighted by Crippen LogP contribution is 2.66. The van der Waals surface area contributed by atoms with Gasteiger partial charge in [0.15, 0.2) is 5.78 Å². The highest BCUT2D eigenvalue weighted by molar-refractivity contribution is 6.33. The second-order valence-electron chi connectivity index (χ2n) is 9.48. The molecule has 4 aliphatic rings. The number of hydrogen-bond acceptors (Lipinski definition) is 3. The van der Waals surface area contributed by atoms with Crippen molar-refractivity contribution in [1.29, 1.82) is 0 Å². The standard InChI is InChI=1S/C22H28O4/c1-12-10-14-15-4-5-17(19(24)20(25)26)21(15,2)9-7-16(14)22(3)8-6-13(23)11-18(12)22/h6,8,11-12,14-17H,4-5,7,9-10H2,1-3H3,(H,25,26)/t12?,14-,15-,16-,17+,21-,22+/m0/s1. The number of carbonyl (C=O) groups is 3. The van der Waals surface area contributed by atoms with Gasteiger partial charge >= 0.3 is 5.97 Å². The third-order valence-corrected chi connectivity index (χ3v) is 8.40. The molecule has 0 spiro atoms. The zero-order valence-corrected chi connectivity index (χ0v) is 15.8. The summed E-state index contributed by atoms with van der Waals surface area (Å²) in [6, 6.07) is 0. The van der Waals surface area contributed by atoms with E-state index in [0.29, 0.717) is 30.1 Å². The summed E-state index contributed by atoms with van der Waals surface area (Å²) in [6.45, 7) is 6.64. The molecular formula is C22H28O4. The Bertz CT molecular complexity index is 747. The molecule has 4 heteroatoms. The summed E-state index contributed by atoms with van der Waals surface area (Å²) in [4.78, 5) is 35.5. The molecule has 0 aromatic rings. The Morgan fingerprint density at radius 2 is 1.88 bits per heavy atom. The molecular weight excluding hydrogens is 328 g/mol. The van der Waals surface area contributed by atoms with Crippen molar-refractivity contribution in [2.24, 2.45) is 40.4 Å². The fraction of sp³-hybridized carbons (Fsp3) is 0.682. The number of allylic oxidation sites excluding steroid dienone is 4. The minimum absolute atomic E-state index is 0.0769. The first-order chi connectivity index (χ1) is 12.2. The van der Waals surface area contributed by atoms with Crippen molar-refractivity contribution < 1.29 is 19.5 Å². The molecule has 1 unspecified atom stereocenters. The lowest BCUT2D eigenvalue weighted by atomic mass is 9.46. The molecule has 4 nitrogen and oxygen atoms in total. The van der Waals surface area contributed by atoms with E-state index in [-0.39, 0.29) is 22.5 Å². The SMILES string of the molecule is CC1C[C@H]2[C@@H]3CC[C@H](C(=O)C(=O)O)[C@@]3(C)CC[C@@H]2[C@@]2(C)C=CC(=O)C=C12. The zero-order chi connectivity index (χ0) is 18.9. The van der Waals surface area contributed by atoms with E-state index < -0.39 is 11.8 Å². The molecule has 0 saturated heterocycles. The quantitative estimate of drug-likeness (QED) is 0.764. The third-order valence-electron chi connectivity index (χ3n) is 8.40. The molecule has 0 bridgehead atoms. The van der Waals surface area contributed by atoms with Gasteiger partial charge in [0.2, 0.25) is 5.78 Å². The van der Waals surface area contributed by atoms with Gasteiger partial charge in [0, 0.05) is 11.3 Å². The molecule has 3 saturated carbocycles. The van der Waals surface area contributed by atoms with E-state index in [1.165, 1.54) is 5.57 Å². The monoisotopic (exact) mass is 356 g/mol. The summed E-state index contributed by atoms with van der Waals surface area (Å²) >= 11 is 0. The van der Waals surface area contributed by atoms with Crippen molar-refractivity contribution >= 4 is 17.5 Å². The van der Waals surface area contributed by atoms with Crippen LogP contribution in [0.15, 0.2) is 23.8 Å². The number of aliphatic carboxylic acids is 1. The van der Waals surface area contributed by atoms with Gasteiger partial charge in [0.05, 0.1) is 0 Å². The van der Waals surface area contributed by atoms with Crippen LogP contribution in [-0.4, -0.2) is 22.6 Å². The molecule has 140 valence electrons. The number of carboxylic acids is 1. The molecule has 0 radical (unpaired) electrons. The molecule has 0 aromatic heterocycles. The average Bonchev–Trinajstić information content (AvgIpc) is 2.93. The number of carboxylic acid groups (broad SMARTS) is 1. The predicted octanol–water partition coefficient (Wildman–Crippen LogP) is 3.81. The van der Waals surface area contributed by atoms with Gasteiger partial charge < -0.3 is 5.11 Å². The summed E-state index contributed by atoms with van der Waals surface area (Å²) in [5, 5.41) is 9.24. The van der Waals surface area contributed by atoms with Crippen LogP contribution in [0.1, 0.15) is 52.9 Å². The fourth-order valence-corrected chi connectivity index (χ4v) is 7.19. The Hall–Kier alpha value is -1.71. The molecule has 0 amide bonds. The van der Waals surface area contributed by atoms with Crippen molar-refractivity contribution in [3.8, 4) is 0 Å². The molecule has 4 rings (SSSR count). The van der Waals surface area contributed by atoms with Crippen LogP contribution in [0.2, 0.25) is 0 Å². The summed E-state index contributed by atoms with van der Waals surface area (Å²) in [7, 11) is 0.